The number of phenols is 1. The second-order valence-electron chi connectivity index (χ2n) is 5.43. The lowest BCUT2D eigenvalue weighted by molar-refractivity contribution is -0.138. The number of amidine groups is 1. The van der Waals surface area contributed by atoms with Gasteiger partial charge in [0.05, 0.1) is 18.3 Å². The number of hydrogen-bond acceptors (Lipinski definition) is 6. The van der Waals surface area contributed by atoms with Crippen LogP contribution >= 0.6 is 11.8 Å². The number of amides is 1. The van der Waals surface area contributed by atoms with Crippen LogP contribution in [0.2, 0.25) is 0 Å². The van der Waals surface area contributed by atoms with E-state index in [-0.39, 0.29) is 18.1 Å². The van der Waals surface area contributed by atoms with E-state index in [0.29, 0.717) is 10.9 Å². The Bertz CT molecular complexity index is 866. The van der Waals surface area contributed by atoms with E-state index in [1.165, 1.54) is 17.0 Å². The molecule has 3 rings (SSSR count). The number of nitrogens with zero attached hydrogens (tertiary/aromatic N) is 3. The van der Waals surface area contributed by atoms with Crippen LogP contribution in [0.5, 0.6) is 5.75 Å². The lowest BCUT2D eigenvalue weighted by Gasteiger charge is -2.15. The summed E-state index contributed by atoms with van der Waals surface area (Å²) < 4.78 is 0. The molecule has 1 saturated heterocycles. The number of rotatable bonds is 5. The highest BCUT2D eigenvalue weighted by molar-refractivity contribution is 8.16. The van der Waals surface area contributed by atoms with Gasteiger partial charge in [0.1, 0.15) is 11.0 Å². The van der Waals surface area contributed by atoms with Gasteiger partial charge in [0.2, 0.25) is 5.91 Å². The molecule has 132 valence electrons. The van der Waals surface area contributed by atoms with Gasteiger partial charge in [0, 0.05) is 0 Å². The standard InChI is InChI=1S/C18H15N3O4S/c22-14-8-6-13(7-9-14)21-17(25)15(10-16(23)24)26-18(21)20-19-11-12-4-2-1-3-5-12/h1-9,11,15,22H,10H2,(H,23,24)/b19-11+,20-18+/t15-/m1/s1. The average Bonchev–Trinajstić information content (AvgIpc) is 2.92. The van der Waals surface area contributed by atoms with E-state index in [1.54, 1.807) is 18.3 Å². The van der Waals surface area contributed by atoms with E-state index in [4.69, 9.17) is 5.11 Å². The molecular weight excluding hydrogens is 354 g/mol. The fourth-order valence-corrected chi connectivity index (χ4v) is 3.43. The first-order valence-electron chi connectivity index (χ1n) is 7.72. The molecule has 0 aliphatic carbocycles. The first-order chi connectivity index (χ1) is 12.5. The Morgan fingerprint density at radius 2 is 1.85 bits per heavy atom. The van der Waals surface area contributed by atoms with Gasteiger partial charge in [-0.2, -0.15) is 5.10 Å². The molecule has 0 radical (unpaired) electrons. The van der Waals surface area contributed by atoms with Crippen molar-refractivity contribution in [1.82, 2.24) is 0 Å². The third-order valence-corrected chi connectivity index (χ3v) is 4.68. The summed E-state index contributed by atoms with van der Waals surface area (Å²) in [6, 6.07) is 15.4. The summed E-state index contributed by atoms with van der Waals surface area (Å²) in [4.78, 5) is 24.9. The van der Waals surface area contributed by atoms with Gasteiger partial charge in [-0.25, -0.2) is 0 Å². The summed E-state index contributed by atoms with van der Waals surface area (Å²) >= 11 is 1.06. The number of carbonyl (C=O) groups is 2. The summed E-state index contributed by atoms with van der Waals surface area (Å²) in [5.74, 6) is -1.37. The van der Waals surface area contributed by atoms with Gasteiger partial charge >= 0.3 is 5.97 Å². The molecule has 2 aromatic rings. The fourth-order valence-electron chi connectivity index (χ4n) is 2.35. The molecule has 26 heavy (non-hydrogen) atoms. The Morgan fingerprint density at radius 3 is 2.50 bits per heavy atom. The highest BCUT2D eigenvalue weighted by Crippen LogP contribution is 2.34. The van der Waals surface area contributed by atoms with Crippen LogP contribution in [0.4, 0.5) is 5.69 Å². The summed E-state index contributed by atoms with van der Waals surface area (Å²) in [5, 5.41) is 26.1. The molecule has 7 nitrogen and oxygen atoms in total. The molecule has 0 saturated carbocycles. The van der Waals surface area contributed by atoms with Crippen molar-refractivity contribution in [2.75, 3.05) is 4.90 Å². The summed E-state index contributed by atoms with van der Waals surface area (Å²) in [6.45, 7) is 0. The van der Waals surface area contributed by atoms with Gasteiger partial charge < -0.3 is 10.2 Å². The molecule has 1 atom stereocenters. The molecule has 0 unspecified atom stereocenters. The van der Waals surface area contributed by atoms with Crippen LogP contribution in [0.3, 0.4) is 0 Å². The molecule has 1 amide bonds. The molecule has 1 heterocycles. The van der Waals surface area contributed by atoms with E-state index in [9.17, 15) is 14.7 Å². The monoisotopic (exact) mass is 369 g/mol. The number of carbonyl (C=O) groups excluding carboxylic acids is 1. The minimum absolute atomic E-state index is 0.0655. The van der Waals surface area contributed by atoms with Crippen molar-refractivity contribution in [3.63, 3.8) is 0 Å². The number of carboxylic acid groups (broad SMARTS) is 1. The molecule has 2 N–H and O–H groups in total. The Hall–Kier alpha value is -3.13. The highest BCUT2D eigenvalue weighted by atomic mass is 32.2. The molecule has 2 aromatic carbocycles. The van der Waals surface area contributed by atoms with Crippen molar-refractivity contribution in [3.8, 4) is 5.75 Å². The Morgan fingerprint density at radius 1 is 1.15 bits per heavy atom. The number of phenolic OH excluding ortho intramolecular Hbond substituents is 1. The van der Waals surface area contributed by atoms with Crippen molar-refractivity contribution >= 4 is 40.7 Å². The van der Waals surface area contributed by atoms with Crippen molar-refractivity contribution in [1.29, 1.82) is 0 Å². The van der Waals surface area contributed by atoms with Crippen LogP contribution in [0, 0.1) is 0 Å². The van der Waals surface area contributed by atoms with Crippen LogP contribution in [0.15, 0.2) is 64.8 Å². The van der Waals surface area contributed by atoms with Gasteiger partial charge in [-0.3, -0.25) is 14.5 Å². The van der Waals surface area contributed by atoms with Crippen molar-refractivity contribution in [2.24, 2.45) is 10.2 Å². The molecule has 1 fully saturated rings. The lowest BCUT2D eigenvalue weighted by atomic mass is 10.2. The number of aliphatic carboxylic acids is 1. The SMILES string of the molecule is O=C(O)C[C@H]1S/C(=N/N=C/c2ccccc2)N(c2ccc(O)cc2)C1=O. The predicted octanol–water partition coefficient (Wildman–Crippen LogP) is 2.71. The number of thioether (sulfide) groups is 1. The zero-order valence-corrected chi connectivity index (χ0v) is 14.3. The molecule has 0 spiro atoms. The molecule has 1 aliphatic rings. The normalized spacial score (nSPS) is 18.8. The number of aromatic hydroxyl groups is 1. The maximum atomic E-state index is 12.6. The zero-order chi connectivity index (χ0) is 18.5. The van der Waals surface area contributed by atoms with Crippen molar-refractivity contribution in [3.05, 3.63) is 60.2 Å². The first kappa shape index (κ1) is 17.7. The Balaban J connectivity index is 1.90. The molecule has 8 heteroatoms. The van der Waals surface area contributed by atoms with E-state index < -0.39 is 11.2 Å². The Labute approximate surface area is 153 Å². The number of hydrogen-bond donors (Lipinski definition) is 2. The van der Waals surface area contributed by atoms with Crippen LogP contribution in [0.25, 0.3) is 0 Å². The topological polar surface area (TPSA) is 103 Å². The van der Waals surface area contributed by atoms with Crippen LogP contribution in [-0.2, 0) is 9.59 Å². The third kappa shape index (κ3) is 4.09. The molecule has 0 aromatic heterocycles. The Kier molecular flexibility index (Phi) is 5.33. The van der Waals surface area contributed by atoms with Crippen LogP contribution in [-0.4, -0.2) is 38.7 Å². The van der Waals surface area contributed by atoms with Crippen molar-refractivity contribution < 1.29 is 19.8 Å². The highest BCUT2D eigenvalue weighted by Gasteiger charge is 2.40. The average molecular weight is 369 g/mol. The molecule has 0 bridgehead atoms. The second kappa shape index (κ2) is 7.83. The third-order valence-electron chi connectivity index (χ3n) is 3.55. The van der Waals surface area contributed by atoms with Gasteiger partial charge in [-0.05, 0) is 29.8 Å². The number of benzene rings is 2. The largest absolute Gasteiger partial charge is 0.508 e. The van der Waals surface area contributed by atoms with Crippen LogP contribution in [0.1, 0.15) is 12.0 Å². The smallest absolute Gasteiger partial charge is 0.305 e. The summed E-state index contributed by atoms with van der Waals surface area (Å²) in [5.41, 5.74) is 1.34. The second-order valence-corrected chi connectivity index (χ2v) is 6.60. The summed E-state index contributed by atoms with van der Waals surface area (Å²) in [6.07, 6.45) is 1.25. The maximum absolute atomic E-state index is 12.6. The lowest BCUT2D eigenvalue weighted by Crippen LogP contribution is -2.32. The van der Waals surface area contributed by atoms with E-state index in [0.717, 1.165) is 17.3 Å². The van der Waals surface area contributed by atoms with Crippen LogP contribution < -0.4 is 4.90 Å². The van der Waals surface area contributed by atoms with E-state index in [1.807, 2.05) is 30.3 Å². The first-order valence-corrected chi connectivity index (χ1v) is 8.60. The quantitative estimate of drug-likeness (QED) is 0.623. The maximum Gasteiger partial charge on any atom is 0.305 e. The summed E-state index contributed by atoms with van der Waals surface area (Å²) in [7, 11) is 0. The van der Waals surface area contributed by atoms with E-state index in [2.05, 4.69) is 10.2 Å². The predicted molar refractivity (Wildman–Crippen MR) is 101 cm³/mol. The van der Waals surface area contributed by atoms with Gasteiger partial charge in [0.25, 0.3) is 0 Å². The van der Waals surface area contributed by atoms with Gasteiger partial charge in [-0.15, -0.1) is 5.10 Å². The fraction of sp³-hybridized carbons (Fsp3) is 0.111. The zero-order valence-electron chi connectivity index (χ0n) is 13.5. The van der Waals surface area contributed by atoms with Crippen molar-refractivity contribution in [2.45, 2.75) is 11.7 Å². The number of anilines is 1. The number of carboxylic acids is 1. The minimum Gasteiger partial charge on any atom is -0.508 e. The van der Waals surface area contributed by atoms with Gasteiger partial charge in [-0.1, -0.05) is 42.1 Å². The molecular formula is C18H15N3O4S. The van der Waals surface area contributed by atoms with Gasteiger partial charge in [0.15, 0.2) is 5.17 Å². The van der Waals surface area contributed by atoms with E-state index >= 15 is 0 Å². The molecule has 1 aliphatic heterocycles. The minimum atomic E-state index is -1.06.